The van der Waals surface area contributed by atoms with Crippen molar-refractivity contribution in [2.24, 2.45) is 34.5 Å². The number of hydrogen-bond acceptors (Lipinski definition) is 4. The average Bonchev–Trinajstić information content (AvgIpc) is 2.92. The van der Waals surface area contributed by atoms with Crippen LogP contribution in [0.4, 0.5) is 0 Å². The molecule has 0 spiro atoms. The van der Waals surface area contributed by atoms with Crippen molar-refractivity contribution in [2.45, 2.75) is 65.4 Å². The third-order valence-corrected chi connectivity index (χ3v) is 8.41. The highest BCUT2D eigenvalue weighted by molar-refractivity contribution is 6.42. The second-order valence-corrected chi connectivity index (χ2v) is 9.23. The SMILES string of the molecule is CC(=O)[C@H]1CC[C@H]2[C@@H]3CCC4=CC(O)C(=O)C(=O)[C@]4(C)[C@H]3CC[C@]12C. The number of aliphatic hydroxyl groups is 1. The number of fused-ring (bicyclic) bond motifs is 5. The van der Waals surface area contributed by atoms with Crippen LogP contribution in [0.15, 0.2) is 11.6 Å². The van der Waals surface area contributed by atoms with Gasteiger partial charge in [0.25, 0.3) is 0 Å². The zero-order valence-corrected chi connectivity index (χ0v) is 15.4. The molecule has 1 N–H and O–H groups in total. The van der Waals surface area contributed by atoms with Crippen molar-refractivity contribution >= 4 is 17.3 Å². The maximum absolute atomic E-state index is 12.9. The number of Topliss-reactive ketones (excluding diaryl/α,β-unsaturated/α-hetero) is 3. The average molecular weight is 344 g/mol. The quantitative estimate of drug-likeness (QED) is 0.586. The molecule has 0 amide bonds. The lowest BCUT2D eigenvalue weighted by Crippen LogP contribution is -2.56. The molecule has 0 heterocycles. The minimum atomic E-state index is -1.26. The van der Waals surface area contributed by atoms with Crippen LogP contribution in [0.5, 0.6) is 0 Å². The predicted octanol–water partition coefficient (Wildman–Crippen LogP) is 2.87. The molecule has 0 bridgehead atoms. The Morgan fingerprint density at radius 2 is 1.84 bits per heavy atom. The lowest BCUT2D eigenvalue weighted by molar-refractivity contribution is -0.152. The summed E-state index contributed by atoms with van der Waals surface area (Å²) in [5.74, 6) is 0.447. The van der Waals surface area contributed by atoms with Crippen LogP contribution >= 0.6 is 0 Å². The Labute approximate surface area is 149 Å². The number of rotatable bonds is 1. The number of carbonyl (C=O) groups is 3. The summed E-state index contributed by atoms with van der Waals surface area (Å²) in [5.41, 5.74) is 0.274. The van der Waals surface area contributed by atoms with Gasteiger partial charge < -0.3 is 5.11 Å². The summed E-state index contributed by atoms with van der Waals surface area (Å²) in [7, 11) is 0. The van der Waals surface area contributed by atoms with E-state index in [1.807, 2.05) is 6.92 Å². The van der Waals surface area contributed by atoms with Gasteiger partial charge in [-0.2, -0.15) is 0 Å². The third-order valence-electron chi connectivity index (χ3n) is 8.41. The zero-order chi connectivity index (χ0) is 18.1. The van der Waals surface area contributed by atoms with Gasteiger partial charge in [-0.3, -0.25) is 14.4 Å². The molecule has 0 aliphatic heterocycles. The molecule has 4 aliphatic rings. The van der Waals surface area contributed by atoms with E-state index in [9.17, 15) is 19.5 Å². The lowest BCUT2D eigenvalue weighted by atomic mass is 9.46. The van der Waals surface area contributed by atoms with Crippen LogP contribution in [0.1, 0.15) is 59.3 Å². The lowest BCUT2D eigenvalue weighted by Gasteiger charge is -2.57. The second kappa shape index (κ2) is 5.35. The van der Waals surface area contributed by atoms with Crippen molar-refractivity contribution in [3.8, 4) is 0 Å². The van der Waals surface area contributed by atoms with Crippen LogP contribution in [-0.4, -0.2) is 28.6 Å². The van der Waals surface area contributed by atoms with E-state index < -0.39 is 23.1 Å². The van der Waals surface area contributed by atoms with Crippen molar-refractivity contribution in [3.05, 3.63) is 11.6 Å². The van der Waals surface area contributed by atoms with Gasteiger partial charge in [-0.05, 0) is 81.6 Å². The molecule has 4 nitrogen and oxygen atoms in total. The van der Waals surface area contributed by atoms with Gasteiger partial charge in [0.15, 0.2) is 0 Å². The summed E-state index contributed by atoms with van der Waals surface area (Å²) in [5, 5.41) is 9.90. The van der Waals surface area contributed by atoms with Gasteiger partial charge in [0, 0.05) is 5.92 Å². The molecule has 3 fully saturated rings. The van der Waals surface area contributed by atoms with Crippen LogP contribution in [-0.2, 0) is 14.4 Å². The van der Waals surface area contributed by atoms with E-state index in [1.165, 1.54) is 0 Å². The molecule has 3 saturated carbocycles. The predicted molar refractivity (Wildman–Crippen MR) is 92.7 cm³/mol. The molecule has 4 aliphatic carbocycles. The molecule has 0 aromatic rings. The topological polar surface area (TPSA) is 71.4 Å². The van der Waals surface area contributed by atoms with E-state index in [-0.39, 0.29) is 17.3 Å². The molecule has 1 unspecified atom stereocenters. The smallest absolute Gasteiger partial charge is 0.231 e. The molecule has 4 rings (SSSR count). The highest BCUT2D eigenvalue weighted by atomic mass is 16.3. The molecule has 0 aromatic heterocycles. The summed E-state index contributed by atoms with van der Waals surface area (Å²) in [6, 6.07) is 0. The number of carbonyl (C=O) groups excluding carboxylic acids is 3. The van der Waals surface area contributed by atoms with Gasteiger partial charge in [0.2, 0.25) is 11.6 Å². The van der Waals surface area contributed by atoms with Crippen molar-refractivity contribution < 1.29 is 19.5 Å². The first kappa shape index (κ1) is 17.1. The molecule has 0 aromatic carbocycles. The summed E-state index contributed by atoms with van der Waals surface area (Å²) in [6.07, 6.45) is 6.04. The molecular formula is C21H28O4. The molecule has 7 atom stereocenters. The van der Waals surface area contributed by atoms with E-state index >= 15 is 0 Å². The number of hydrogen-bond donors (Lipinski definition) is 1. The monoisotopic (exact) mass is 344 g/mol. The maximum atomic E-state index is 12.9. The fraction of sp³-hybridized carbons (Fsp3) is 0.762. The number of ketones is 3. The normalized spacial score (nSPS) is 49.1. The van der Waals surface area contributed by atoms with Crippen molar-refractivity contribution in [3.63, 3.8) is 0 Å². The fourth-order valence-electron chi connectivity index (χ4n) is 7.12. The van der Waals surface area contributed by atoms with Crippen LogP contribution in [0.2, 0.25) is 0 Å². The van der Waals surface area contributed by atoms with Crippen molar-refractivity contribution in [1.82, 2.24) is 0 Å². The third kappa shape index (κ3) is 2.06. The zero-order valence-electron chi connectivity index (χ0n) is 15.4. The largest absolute Gasteiger partial charge is 0.381 e. The first-order chi connectivity index (χ1) is 11.7. The van der Waals surface area contributed by atoms with Gasteiger partial charge in [0.1, 0.15) is 11.9 Å². The van der Waals surface area contributed by atoms with E-state index in [4.69, 9.17) is 0 Å². The van der Waals surface area contributed by atoms with Gasteiger partial charge in [-0.1, -0.05) is 12.5 Å². The molecule has 4 heteroatoms. The van der Waals surface area contributed by atoms with Crippen LogP contribution in [0.3, 0.4) is 0 Å². The van der Waals surface area contributed by atoms with Crippen molar-refractivity contribution in [1.29, 1.82) is 0 Å². The Hall–Kier alpha value is -1.29. The number of aliphatic hydroxyl groups excluding tert-OH is 1. The van der Waals surface area contributed by atoms with E-state index in [0.29, 0.717) is 17.6 Å². The Morgan fingerprint density at radius 1 is 1.12 bits per heavy atom. The molecule has 136 valence electrons. The Balaban J connectivity index is 1.73. The molecule has 0 saturated heterocycles. The maximum Gasteiger partial charge on any atom is 0.231 e. The minimum Gasteiger partial charge on any atom is -0.381 e. The van der Waals surface area contributed by atoms with Gasteiger partial charge in [-0.15, -0.1) is 0 Å². The highest BCUT2D eigenvalue weighted by Gasteiger charge is 2.62. The Morgan fingerprint density at radius 3 is 2.52 bits per heavy atom. The van der Waals surface area contributed by atoms with Gasteiger partial charge in [-0.25, -0.2) is 0 Å². The van der Waals surface area contributed by atoms with Crippen LogP contribution < -0.4 is 0 Å². The van der Waals surface area contributed by atoms with Crippen LogP contribution in [0.25, 0.3) is 0 Å². The number of allylic oxidation sites excluding steroid dienone is 1. The van der Waals surface area contributed by atoms with Gasteiger partial charge >= 0.3 is 0 Å². The molecule has 0 radical (unpaired) electrons. The molecule has 25 heavy (non-hydrogen) atoms. The minimum absolute atomic E-state index is 0.0474. The highest BCUT2D eigenvalue weighted by Crippen LogP contribution is 2.66. The first-order valence-corrected chi connectivity index (χ1v) is 9.69. The summed E-state index contributed by atoms with van der Waals surface area (Å²) >= 11 is 0. The summed E-state index contributed by atoms with van der Waals surface area (Å²) < 4.78 is 0. The Bertz CT molecular complexity index is 692. The summed E-state index contributed by atoms with van der Waals surface area (Å²) in [4.78, 5) is 37.2. The van der Waals surface area contributed by atoms with Gasteiger partial charge in [0.05, 0.1) is 5.41 Å². The first-order valence-electron chi connectivity index (χ1n) is 9.69. The van der Waals surface area contributed by atoms with E-state index in [1.54, 1.807) is 13.0 Å². The molecular weight excluding hydrogens is 316 g/mol. The van der Waals surface area contributed by atoms with Crippen molar-refractivity contribution in [2.75, 3.05) is 0 Å². The van der Waals surface area contributed by atoms with E-state index in [0.717, 1.165) is 44.1 Å². The summed E-state index contributed by atoms with van der Waals surface area (Å²) in [6.45, 7) is 5.93. The Kier molecular flexibility index (Phi) is 3.67. The van der Waals surface area contributed by atoms with Crippen LogP contribution in [0, 0.1) is 34.5 Å². The fourth-order valence-corrected chi connectivity index (χ4v) is 7.12. The van der Waals surface area contributed by atoms with E-state index in [2.05, 4.69) is 6.92 Å². The second-order valence-electron chi connectivity index (χ2n) is 9.23. The standard InChI is InChI=1S/C21H28O4/c1-11(22)14-6-7-15-13-5-4-12-10-17(23)18(24)19(25)21(12,3)16(13)8-9-20(14,15)2/h10,13-17,23H,4-9H2,1-3H3/t13-,14+,15-,16-,17?,20+,21-/m0/s1.